The van der Waals surface area contributed by atoms with Gasteiger partial charge in [0.05, 0.1) is 18.8 Å². The van der Waals surface area contributed by atoms with Crippen LogP contribution in [0.25, 0.3) is 0 Å². The predicted molar refractivity (Wildman–Crippen MR) is 259 cm³/mol. The molecule has 5 rings (SSSR count). The van der Waals surface area contributed by atoms with E-state index in [4.69, 9.17) is 13.6 Å². The van der Waals surface area contributed by atoms with Crippen LogP contribution in [0.15, 0.2) is 146 Å². The number of rotatable bonds is 20. The minimum atomic E-state index is -2.97. The van der Waals surface area contributed by atoms with Gasteiger partial charge in [-0.1, -0.05) is 213 Å². The van der Waals surface area contributed by atoms with Gasteiger partial charge >= 0.3 is 5.97 Å². The Morgan fingerprint density at radius 1 is 0.672 bits per heavy atom. The number of ether oxygens (including phenoxy) is 1. The smallest absolute Gasteiger partial charge is 0.305 e. The van der Waals surface area contributed by atoms with Gasteiger partial charge in [-0.2, -0.15) is 0 Å². The first kappa shape index (κ1) is 47.9. The summed E-state index contributed by atoms with van der Waals surface area (Å²) in [6, 6.07) is 43.2. The lowest BCUT2D eigenvalue weighted by Crippen LogP contribution is -2.69. The monoisotopic (exact) mass is 856 g/mol. The van der Waals surface area contributed by atoms with E-state index in [9.17, 15) is 9.59 Å². The van der Waals surface area contributed by atoms with Crippen LogP contribution in [0.4, 0.5) is 0 Å². The number of unbranched alkanes of at least 4 members (excludes halogenated alkanes) is 3. The lowest BCUT2D eigenvalue weighted by molar-refractivity contribution is -0.140. The minimum Gasteiger partial charge on any atom is -0.469 e. The van der Waals surface area contributed by atoms with Crippen LogP contribution >= 0.6 is 0 Å². The van der Waals surface area contributed by atoms with Crippen molar-refractivity contribution in [2.24, 2.45) is 11.8 Å². The highest BCUT2D eigenvalue weighted by atomic mass is 28.4. The second kappa shape index (κ2) is 21.3. The molecule has 4 aromatic rings. The van der Waals surface area contributed by atoms with Crippen LogP contribution < -0.4 is 20.7 Å². The normalized spacial score (nSPS) is 18.8. The molecule has 0 heterocycles. The molecule has 1 saturated carbocycles. The van der Waals surface area contributed by atoms with Gasteiger partial charge in [-0.15, -0.1) is 0 Å². The standard InChI is InChI=1S/C54H72O5Si2/c1-10-11-28-40-54(8,59-61(53(5,6)7,45-33-22-16-23-34-45)46-35-24-17-25-36-46)41-39-47-48(37-26-12-13-27-38-51(56)57-9)50(42-49(47)55)58-60(52(2,3)4,43-29-18-14-19-30-43)44-31-20-15-21-32-44/h12,14-26,29-36,39,41,47-48,50H,10-11,13,27-28,37-38,40,42H2,1-9H3/t47-,48-,50+,54?/m1/s1. The fourth-order valence-corrected chi connectivity index (χ4v) is 19.1. The third kappa shape index (κ3) is 11.3. The summed E-state index contributed by atoms with van der Waals surface area (Å²) in [5.41, 5.74) is -0.647. The molecular formula is C54H72O5Si2. The summed E-state index contributed by atoms with van der Waals surface area (Å²) in [5.74, 6) is -0.420. The third-order valence-electron chi connectivity index (χ3n) is 12.7. The lowest BCUT2D eigenvalue weighted by Gasteiger charge is -2.48. The Hall–Kier alpha value is -4.15. The van der Waals surface area contributed by atoms with E-state index in [1.807, 2.05) is 0 Å². The Balaban J connectivity index is 1.61. The van der Waals surface area contributed by atoms with Gasteiger partial charge < -0.3 is 13.6 Å². The van der Waals surface area contributed by atoms with Crippen LogP contribution in [0.3, 0.4) is 0 Å². The second-order valence-corrected chi connectivity index (χ2v) is 27.7. The fourth-order valence-electron chi connectivity index (χ4n) is 9.59. The molecule has 0 bridgehead atoms. The van der Waals surface area contributed by atoms with E-state index < -0.39 is 22.2 Å². The molecule has 4 aromatic carbocycles. The molecule has 0 aromatic heterocycles. The summed E-state index contributed by atoms with van der Waals surface area (Å²) in [4.78, 5) is 26.5. The van der Waals surface area contributed by atoms with Crippen LogP contribution in [-0.4, -0.2) is 47.2 Å². The van der Waals surface area contributed by atoms with E-state index in [0.29, 0.717) is 25.7 Å². The molecule has 0 N–H and O–H groups in total. The number of carbonyl (C=O) groups excluding carboxylic acids is 2. The van der Waals surface area contributed by atoms with E-state index >= 15 is 0 Å². The zero-order valence-corrected chi connectivity index (χ0v) is 40.5. The van der Waals surface area contributed by atoms with Gasteiger partial charge in [-0.05, 0) is 63.4 Å². The Bertz CT molecular complexity index is 1940. The van der Waals surface area contributed by atoms with Gasteiger partial charge in [-0.3, -0.25) is 9.59 Å². The second-order valence-electron chi connectivity index (χ2n) is 19.2. The Morgan fingerprint density at radius 2 is 1.15 bits per heavy atom. The molecule has 61 heavy (non-hydrogen) atoms. The molecule has 1 aliphatic rings. The maximum atomic E-state index is 14.7. The molecule has 4 atom stereocenters. The van der Waals surface area contributed by atoms with Crippen molar-refractivity contribution in [2.75, 3.05) is 7.11 Å². The minimum absolute atomic E-state index is 0.0880. The van der Waals surface area contributed by atoms with Gasteiger partial charge in [0.1, 0.15) is 5.78 Å². The molecule has 1 aliphatic carbocycles. The van der Waals surface area contributed by atoms with Crippen molar-refractivity contribution in [3.63, 3.8) is 0 Å². The van der Waals surface area contributed by atoms with Crippen molar-refractivity contribution in [3.05, 3.63) is 146 Å². The van der Waals surface area contributed by atoms with Crippen LogP contribution in [0.2, 0.25) is 10.1 Å². The molecule has 7 heteroatoms. The quantitative estimate of drug-likeness (QED) is 0.0383. The largest absolute Gasteiger partial charge is 0.469 e. The predicted octanol–water partition coefficient (Wildman–Crippen LogP) is 10.9. The summed E-state index contributed by atoms with van der Waals surface area (Å²) >= 11 is 0. The highest BCUT2D eigenvalue weighted by molar-refractivity contribution is 7.00. The molecule has 1 unspecified atom stereocenters. The number of Topliss-reactive ketones (excluding diaryl/α,β-unsaturated/α-hetero) is 1. The number of hydrogen-bond acceptors (Lipinski definition) is 5. The summed E-state index contributed by atoms with van der Waals surface area (Å²) < 4.78 is 20.6. The Labute approximate surface area is 370 Å². The SMILES string of the molecule is CCCCCC(C)(C=C[C@H]1C(=O)C[C@H](O[Si](c2ccccc2)(c2ccccc2)C(C)(C)C)[C@@H]1CC=CCCCC(=O)OC)O[Si](c1ccccc1)(c1ccccc1)C(C)(C)C. The molecule has 1 fully saturated rings. The zero-order chi connectivity index (χ0) is 44.2. The molecule has 326 valence electrons. The van der Waals surface area contributed by atoms with Crippen molar-refractivity contribution in [1.82, 2.24) is 0 Å². The van der Waals surface area contributed by atoms with Crippen molar-refractivity contribution < 1.29 is 23.2 Å². The van der Waals surface area contributed by atoms with E-state index in [2.05, 4.69) is 201 Å². The van der Waals surface area contributed by atoms with E-state index in [1.54, 1.807) is 0 Å². The lowest BCUT2D eigenvalue weighted by atomic mass is 9.88. The number of allylic oxidation sites excluding steroid dienone is 3. The van der Waals surface area contributed by atoms with E-state index in [1.165, 1.54) is 27.9 Å². The Kier molecular flexibility index (Phi) is 16.7. The van der Waals surface area contributed by atoms with E-state index in [0.717, 1.165) is 32.1 Å². The molecule has 0 spiro atoms. The maximum absolute atomic E-state index is 14.7. The Morgan fingerprint density at radius 3 is 1.59 bits per heavy atom. The summed E-state index contributed by atoms with van der Waals surface area (Å²) in [6.07, 6.45) is 15.5. The average molecular weight is 857 g/mol. The summed E-state index contributed by atoms with van der Waals surface area (Å²) in [6.45, 7) is 18.4. The topological polar surface area (TPSA) is 61.8 Å². The van der Waals surface area contributed by atoms with Gasteiger partial charge in [0.15, 0.2) is 0 Å². The fraction of sp³-hybridized carbons (Fsp3) is 0.444. The van der Waals surface area contributed by atoms with Gasteiger partial charge in [0.2, 0.25) is 0 Å². The van der Waals surface area contributed by atoms with E-state index in [-0.39, 0.29) is 39.8 Å². The molecule has 5 nitrogen and oxygen atoms in total. The van der Waals surface area contributed by atoms with Crippen LogP contribution in [0.1, 0.15) is 113 Å². The number of benzene rings is 4. The molecule has 0 radical (unpaired) electrons. The van der Waals surface area contributed by atoms with Gasteiger partial charge in [-0.25, -0.2) is 0 Å². The van der Waals surface area contributed by atoms with Gasteiger partial charge in [0, 0.05) is 24.7 Å². The number of carbonyl (C=O) groups is 2. The molecule has 0 amide bonds. The molecule has 0 saturated heterocycles. The highest BCUT2D eigenvalue weighted by Gasteiger charge is 2.56. The highest BCUT2D eigenvalue weighted by Crippen LogP contribution is 2.45. The first-order valence-electron chi connectivity index (χ1n) is 22.7. The number of methoxy groups -OCH3 is 1. The first-order chi connectivity index (χ1) is 29.1. The number of esters is 1. The number of ketones is 1. The summed E-state index contributed by atoms with van der Waals surface area (Å²) in [5, 5.41) is 4.47. The zero-order valence-electron chi connectivity index (χ0n) is 38.5. The van der Waals surface area contributed by atoms with Crippen molar-refractivity contribution in [1.29, 1.82) is 0 Å². The first-order valence-corrected chi connectivity index (χ1v) is 26.5. The van der Waals surface area contributed by atoms with Crippen LogP contribution in [0, 0.1) is 11.8 Å². The molecular weight excluding hydrogens is 785 g/mol. The maximum Gasteiger partial charge on any atom is 0.305 e. The van der Waals surface area contributed by atoms with Crippen LogP contribution in [0.5, 0.6) is 0 Å². The van der Waals surface area contributed by atoms with Gasteiger partial charge in [0.25, 0.3) is 16.6 Å². The molecule has 0 aliphatic heterocycles. The van der Waals surface area contributed by atoms with Crippen molar-refractivity contribution in [3.8, 4) is 0 Å². The van der Waals surface area contributed by atoms with Crippen molar-refractivity contribution >= 4 is 49.1 Å². The third-order valence-corrected chi connectivity index (χ3v) is 23.0. The summed E-state index contributed by atoms with van der Waals surface area (Å²) in [7, 11) is -4.48. The average Bonchev–Trinajstić information content (AvgIpc) is 3.55. The van der Waals surface area contributed by atoms with Crippen LogP contribution in [-0.2, 0) is 23.2 Å². The van der Waals surface area contributed by atoms with Crippen molar-refractivity contribution in [2.45, 2.75) is 135 Å². The number of hydrogen-bond donors (Lipinski definition) is 0.